The van der Waals surface area contributed by atoms with Crippen LogP contribution in [-0.2, 0) is 0 Å². The Hall–Kier alpha value is -0.900. The molecule has 2 rings (SSSR count). The minimum atomic E-state index is 0.442. The van der Waals surface area contributed by atoms with Gasteiger partial charge in [0.1, 0.15) is 5.82 Å². The van der Waals surface area contributed by atoms with Crippen molar-refractivity contribution in [3.05, 3.63) is 18.3 Å². The van der Waals surface area contributed by atoms with Crippen molar-refractivity contribution >= 4 is 23.3 Å². The van der Waals surface area contributed by atoms with Gasteiger partial charge in [-0.1, -0.05) is 13.8 Å². The molecule has 1 aromatic rings. The normalized spacial score (nSPS) is 22.6. The van der Waals surface area contributed by atoms with Gasteiger partial charge in [-0.25, -0.2) is 4.98 Å². The Morgan fingerprint density at radius 2 is 2.17 bits per heavy atom. The Bertz CT molecular complexity index is 387. The van der Waals surface area contributed by atoms with Crippen LogP contribution in [0, 0.1) is 5.41 Å². The lowest BCUT2D eigenvalue weighted by Gasteiger charge is -2.35. The van der Waals surface area contributed by atoms with Gasteiger partial charge in [0.05, 0.1) is 11.9 Å². The summed E-state index contributed by atoms with van der Waals surface area (Å²) in [7, 11) is 4.02. The number of thioether (sulfide) groups is 1. The average Bonchev–Trinajstić information content (AvgIpc) is 2.28. The van der Waals surface area contributed by atoms with Crippen LogP contribution in [0.5, 0.6) is 0 Å². The first-order valence-corrected chi connectivity index (χ1v) is 7.59. The van der Waals surface area contributed by atoms with E-state index < -0.39 is 0 Å². The molecular weight excluding hydrogens is 242 g/mol. The molecule has 3 nitrogen and oxygen atoms in total. The maximum Gasteiger partial charge on any atom is 0.128 e. The molecule has 0 amide bonds. The third-order valence-electron chi connectivity index (χ3n) is 3.19. The van der Waals surface area contributed by atoms with Gasteiger partial charge in [-0.3, -0.25) is 0 Å². The van der Waals surface area contributed by atoms with Crippen molar-refractivity contribution in [3.8, 4) is 0 Å². The average molecular weight is 265 g/mol. The number of rotatable bonds is 3. The molecule has 18 heavy (non-hydrogen) atoms. The van der Waals surface area contributed by atoms with Gasteiger partial charge in [0.15, 0.2) is 0 Å². The highest BCUT2D eigenvalue weighted by Gasteiger charge is 2.28. The van der Waals surface area contributed by atoms with Crippen molar-refractivity contribution in [3.63, 3.8) is 0 Å². The predicted octanol–water partition coefficient (Wildman–Crippen LogP) is 3.09. The maximum absolute atomic E-state index is 4.44. The van der Waals surface area contributed by atoms with Gasteiger partial charge >= 0.3 is 0 Å². The second kappa shape index (κ2) is 5.39. The molecule has 1 aliphatic heterocycles. The van der Waals surface area contributed by atoms with Gasteiger partial charge in [0.2, 0.25) is 0 Å². The largest absolute Gasteiger partial charge is 0.380 e. The van der Waals surface area contributed by atoms with E-state index >= 15 is 0 Å². The van der Waals surface area contributed by atoms with E-state index in [0.717, 1.165) is 11.5 Å². The second-order valence-corrected chi connectivity index (χ2v) is 7.05. The van der Waals surface area contributed by atoms with E-state index in [-0.39, 0.29) is 0 Å². The van der Waals surface area contributed by atoms with Gasteiger partial charge in [-0.05, 0) is 29.7 Å². The number of aromatic nitrogens is 1. The van der Waals surface area contributed by atoms with E-state index in [1.54, 1.807) is 0 Å². The van der Waals surface area contributed by atoms with Crippen LogP contribution in [0.1, 0.15) is 20.3 Å². The van der Waals surface area contributed by atoms with Crippen molar-refractivity contribution in [1.29, 1.82) is 0 Å². The highest BCUT2D eigenvalue weighted by Crippen LogP contribution is 2.34. The molecular formula is C14H23N3S. The lowest BCUT2D eigenvalue weighted by molar-refractivity contribution is 0.358. The fraction of sp³-hybridized carbons (Fsp3) is 0.643. The molecule has 0 aliphatic carbocycles. The molecule has 1 unspecified atom stereocenters. The van der Waals surface area contributed by atoms with E-state index in [9.17, 15) is 0 Å². The third kappa shape index (κ3) is 3.55. The molecule has 0 radical (unpaired) electrons. The van der Waals surface area contributed by atoms with Crippen LogP contribution in [0.15, 0.2) is 18.3 Å². The number of nitrogens with zero attached hydrogens (tertiary/aromatic N) is 2. The first-order valence-electron chi connectivity index (χ1n) is 6.44. The van der Waals surface area contributed by atoms with E-state index in [0.29, 0.717) is 11.5 Å². The van der Waals surface area contributed by atoms with Gasteiger partial charge in [-0.2, -0.15) is 11.8 Å². The molecule has 0 spiro atoms. The van der Waals surface area contributed by atoms with E-state index in [1.165, 1.54) is 17.9 Å². The van der Waals surface area contributed by atoms with Crippen LogP contribution in [-0.4, -0.2) is 36.6 Å². The molecule has 0 bridgehead atoms. The first-order chi connectivity index (χ1) is 8.46. The molecule has 1 aliphatic rings. The molecule has 2 heterocycles. The standard InChI is InChI=1S/C14H23N3S/c1-14(2)7-12(9-18-10-14)16-11-5-6-13(15-8-11)17(3)4/h5-6,8,12,16H,7,9-10H2,1-4H3. The Balaban J connectivity index is 1.97. The topological polar surface area (TPSA) is 28.2 Å². The van der Waals surface area contributed by atoms with Crippen molar-refractivity contribution < 1.29 is 0 Å². The summed E-state index contributed by atoms with van der Waals surface area (Å²) < 4.78 is 0. The van der Waals surface area contributed by atoms with Crippen molar-refractivity contribution in [2.45, 2.75) is 26.3 Å². The Morgan fingerprint density at radius 1 is 1.39 bits per heavy atom. The van der Waals surface area contributed by atoms with Crippen LogP contribution >= 0.6 is 11.8 Å². The zero-order chi connectivity index (χ0) is 13.2. The quantitative estimate of drug-likeness (QED) is 0.909. The molecule has 4 heteroatoms. The highest BCUT2D eigenvalue weighted by atomic mass is 32.2. The lowest BCUT2D eigenvalue weighted by Crippen LogP contribution is -2.35. The smallest absolute Gasteiger partial charge is 0.128 e. The maximum atomic E-state index is 4.44. The number of pyridine rings is 1. The molecule has 1 saturated heterocycles. The minimum Gasteiger partial charge on any atom is -0.380 e. The van der Waals surface area contributed by atoms with Crippen LogP contribution in [0.3, 0.4) is 0 Å². The molecule has 0 aromatic carbocycles. The third-order valence-corrected chi connectivity index (χ3v) is 4.81. The lowest BCUT2D eigenvalue weighted by atomic mass is 9.88. The Labute approximate surface area is 114 Å². The first kappa shape index (κ1) is 13.5. The van der Waals surface area contributed by atoms with Gasteiger partial charge in [0.25, 0.3) is 0 Å². The van der Waals surface area contributed by atoms with Crippen molar-refractivity contribution in [1.82, 2.24) is 4.98 Å². The summed E-state index contributed by atoms with van der Waals surface area (Å²) in [4.78, 5) is 6.45. The summed E-state index contributed by atoms with van der Waals surface area (Å²) in [6, 6.07) is 4.74. The van der Waals surface area contributed by atoms with Crippen molar-refractivity contribution in [2.75, 3.05) is 35.8 Å². The van der Waals surface area contributed by atoms with Crippen LogP contribution in [0.25, 0.3) is 0 Å². The van der Waals surface area contributed by atoms with E-state index in [1.807, 2.05) is 37.0 Å². The van der Waals surface area contributed by atoms with Crippen LogP contribution < -0.4 is 10.2 Å². The summed E-state index contributed by atoms with van der Waals surface area (Å²) in [6.45, 7) is 4.70. The second-order valence-electron chi connectivity index (χ2n) is 6.02. The fourth-order valence-electron chi connectivity index (χ4n) is 2.33. The number of anilines is 2. The van der Waals surface area contributed by atoms with E-state index in [4.69, 9.17) is 0 Å². The van der Waals surface area contributed by atoms with Gasteiger partial charge in [-0.15, -0.1) is 0 Å². The number of hydrogen-bond donors (Lipinski definition) is 1. The monoisotopic (exact) mass is 265 g/mol. The minimum absolute atomic E-state index is 0.442. The highest BCUT2D eigenvalue weighted by molar-refractivity contribution is 7.99. The van der Waals surface area contributed by atoms with Gasteiger partial charge in [0, 0.05) is 25.9 Å². The number of nitrogens with one attached hydrogen (secondary N) is 1. The molecule has 1 atom stereocenters. The summed E-state index contributed by atoms with van der Waals surface area (Å²) in [5.74, 6) is 3.46. The summed E-state index contributed by atoms with van der Waals surface area (Å²) >= 11 is 2.05. The molecule has 1 aromatic heterocycles. The summed E-state index contributed by atoms with van der Waals surface area (Å²) in [5, 5.41) is 3.60. The Morgan fingerprint density at radius 3 is 2.72 bits per heavy atom. The molecule has 100 valence electrons. The van der Waals surface area contributed by atoms with Gasteiger partial charge < -0.3 is 10.2 Å². The van der Waals surface area contributed by atoms with Crippen LogP contribution in [0.4, 0.5) is 11.5 Å². The predicted molar refractivity (Wildman–Crippen MR) is 81.7 cm³/mol. The zero-order valence-corrected chi connectivity index (χ0v) is 12.5. The zero-order valence-electron chi connectivity index (χ0n) is 11.7. The molecule has 0 saturated carbocycles. The SMILES string of the molecule is CN(C)c1ccc(NC2CSCC(C)(C)C2)cn1. The number of hydrogen-bond acceptors (Lipinski definition) is 4. The summed E-state index contributed by atoms with van der Waals surface area (Å²) in [6.07, 6.45) is 3.16. The van der Waals surface area contributed by atoms with E-state index in [2.05, 4.69) is 36.3 Å². The van der Waals surface area contributed by atoms with Crippen molar-refractivity contribution in [2.24, 2.45) is 5.41 Å². The molecule has 1 fully saturated rings. The Kier molecular flexibility index (Phi) is 4.05. The summed E-state index contributed by atoms with van der Waals surface area (Å²) in [5.41, 5.74) is 1.57. The molecule has 1 N–H and O–H groups in total. The van der Waals surface area contributed by atoms with Crippen LogP contribution in [0.2, 0.25) is 0 Å². The fourth-order valence-corrected chi connectivity index (χ4v) is 3.60.